The topological polar surface area (TPSA) is 41.1 Å². The minimum Gasteiger partial charge on any atom is -1.00 e. The number of piperidine rings is 1. The molecule has 34 heavy (non-hydrogen) atoms. The molecule has 0 spiro atoms. The number of likely N-dealkylation sites (tertiary alicyclic amines) is 1. The minimum atomic E-state index is -0.331. The van der Waals surface area contributed by atoms with E-state index in [9.17, 15) is 9.18 Å². The molecule has 4 rings (SSSR count). The zero-order chi connectivity index (χ0) is 23.3. The summed E-state index contributed by atoms with van der Waals surface area (Å²) in [6.45, 7) is 3.61. The van der Waals surface area contributed by atoms with Crippen LogP contribution >= 0.6 is 23.2 Å². The molecular weight excluding hydrogens is 540 g/mol. The van der Waals surface area contributed by atoms with E-state index in [1.807, 2.05) is 24.3 Å². The molecule has 8 heteroatoms. The van der Waals surface area contributed by atoms with Gasteiger partial charge in [-0.2, -0.15) is 0 Å². The smallest absolute Gasteiger partial charge is 0.319 e. The second-order valence-electron chi connectivity index (χ2n) is 8.72. The molecule has 1 heterocycles. The van der Waals surface area contributed by atoms with Crippen molar-refractivity contribution in [1.29, 1.82) is 0 Å². The number of carbonyl (C=O) groups is 1. The second kappa shape index (κ2) is 12.0. The van der Waals surface area contributed by atoms with E-state index in [0.29, 0.717) is 15.7 Å². The highest BCUT2D eigenvalue weighted by molar-refractivity contribution is 6.42. The average molecular weight is 567 g/mol. The summed E-state index contributed by atoms with van der Waals surface area (Å²) in [7, 11) is 0. The van der Waals surface area contributed by atoms with Crippen LogP contribution in [0.4, 0.5) is 14.9 Å². The molecule has 0 unspecified atom stereocenters. The van der Waals surface area contributed by atoms with Gasteiger partial charge in [0.15, 0.2) is 0 Å². The van der Waals surface area contributed by atoms with Crippen molar-refractivity contribution in [3.8, 4) is 0 Å². The molecule has 1 aliphatic heterocycles. The third-order valence-corrected chi connectivity index (χ3v) is 6.94. The van der Waals surface area contributed by atoms with Crippen molar-refractivity contribution in [1.82, 2.24) is 5.32 Å². The summed E-state index contributed by atoms with van der Waals surface area (Å²) in [4.78, 5) is 12.4. The van der Waals surface area contributed by atoms with E-state index in [1.54, 1.807) is 12.1 Å². The summed E-state index contributed by atoms with van der Waals surface area (Å²) < 4.78 is 14.0. The molecule has 180 valence electrons. The normalized spacial score (nSPS) is 19.7. The van der Waals surface area contributed by atoms with Crippen molar-refractivity contribution >= 4 is 34.9 Å². The summed E-state index contributed by atoms with van der Waals surface area (Å²) in [6.07, 6.45) is 1.73. The lowest BCUT2D eigenvalue weighted by molar-refractivity contribution is -0.958. The molecule has 2 N–H and O–H groups in total. The Bertz CT molecular complexity index is 1090. The highest BCUT2D eigenvalue weighted by Gasteiger charge is 2.35. The maximum atomic E-state index is 13.1. The molecule has 3 aromatic carbocycles. The zero-order valence-electron chi connectivity index (χ0n) is 18.6. The number of nitrogens with zero attached hydrogens (tertiary/aromatic N) is 1. The molecule has 0 atom stereocenters. The molecule has 0 aliphatic carbocycles. The standard InChI is InChI=1S/C26H26Cl2FN3O.BrH/c27-24-11-6-20(16-25(24)28)18-32(17-19-4-2-1-3-5-19)14-12-23(13-15-32)31-26(33)30-22-9-7-21(29)8-10-22;/h1-11,16,23H,12-15,17-18H2,(H-,30,31,33);1H. The monoisotopic (exact) mass is 565 g/mol. The predicted molar refractivity (Wildman–Crippen MR) is 132 cm³/mol. The first-order valence-electron chi connectivity index (χ1n) is 11.1. The van der Waals surface area contributed by atoms with Crippen LogP contribution < -0.4 is 27.6 Å². The van der Waals surface area contributed by atoms with Gasteiger partial charge < -0.3 is 32.1 Å². The molecule has 0 aromatic heterocycles. The third-order valence-electron chi connectivity index (χ3n) is 6.20. The molecule has 4 nitrogen and oxygen atoms in total. The Morgan fingerprint density at radius 3 is 2.18 bits per heavy atom. The summed E-state index contributed by atoms with van der Waals surface area (Å²) >= 11 is 12.4. The van der Waals surface area contributed by atoms with Gasteiger partial charge in [0, 0.05) is 35.7 Å². The van der Waals surface area contributed by atoms with Crippen LogP contribution in [-0.2, 0) is 13.1 Å². The van der Waals surface area contributed by atoms with E-state index >= 15 is 0 Å². The van der Waals surface area contributed by atoms with E-state index in [0.717, 1.165) is 49.1 Å². The third kappa shape index (κ3) is 7.19. The van der Waals surface area contributed by atoms with Gasteiger partial charge in [0.05, 0.1) is 23.1 Å². The highest BCUT2D eigenvalue weighted by Crippen LogP contribution is 2.29. The van der Waals surface area contributed by atoms with Crippen molar-refractivity contribution in [2.45, 2.75) is 32.0 Å². The molecule has 3 aromatic rings. The van der Waals surface area contributed by atoms with Gasteiger partial charge in [0.1, 0.15) is 18.9 Å². The zero-order valence-corrected chi connectivity index (χ0v) is 21.7. The fraction of sp³-hybridized carbons (Fsp3) is 0.269. The van der Waals surface area contributed by atoms with E-state index in [4.69, 9.17) is 23.2 Å². The van der Waals surface area contributed by atoms with Crippen LogP contribution in [0, 0.1) is 5.82 Å². The first-order valence-corrected chi connectivity index (χ1v) is 11.8. The number of rotatable bonds is 6. The second-order valence-corrected chi connectivity index (χ2v) is 9.53. The van der Waals surface area contributed by atoms with Gasteiger partial charge in [0.2, 0.25) is 0 Å². The van der Waals surface area contributed by atoms with Crippen LogP contribution in [0.3, 0.4) is 0 Å². The Kier molecular flexibility index (Phi) is 9.37. The van der Waals surface area contributed by atoms with Crippen molar-refractivity contribution < 1.29 is 30.6 Å². The first kappa shape index (κ1) is 26.5. The van der Waals surface area contributed by atoms with E-state index < -0.39 is 0 Å². The Morgan fingerprint density at radius 2 is 1.53 bits per heavy atom. The van der Waals surface area contributed by atoms with Gasteiger partial charge in [0.25, 0.3) is 0 Å². The molecule has 1 aliphatic rings. The molecule has 2 amide bonds. The number of benzene rings is 3. The predicted octanol–water partition coefficient (Wildman–Crippen LogP) is 3.64. The molecule has 1 fully saturated rings. The van der Waals surface area contributed by atoms with Crippen molar-refractivity contribution in [2.75, 3.05) is 18.4 Å². The van der Waals surface area contributed by atoms with Gasteiger partial charge in [-0.3, -0.25) is 0 Å². The summed E-state index contributed by atoms with van der Waals surface area (Å²) in [5.74, 6) is -0.331. The first-order chi connectivity index (χ1) is 15.9. The number of hydrogen-bond donors (Lipinski definition) is 2. The maximum Gasteiger partial charge on any atom is 0.319 e. The molecule has 1 saturated heterocycles. The lowest BCUT2D eigenvalue weighted by Gasteiger charge is -2.44. The highest BCUT2D eigenvalue weighted by atomic mass is 79.9. The van der Waals surface area contributed by atoms with E-state index in [1.165, 1.54) is 17.7 Å². The van der Waals surface area contributed by atoms with Gasteiger partial charge in [-0.1, -0.05) is 59.6 Å². The Hall–Kier alpha value is -2.12. The van der Waals surface area contributed by atoms with Crippen LogP contribution in [0.25, 0.3) is 0 Å². The summed E-state index contributed by atoms with van der Waals surface area (Å²) in [5.41, 5.74) is 3.01. The van der Waals surface area contributed by atoms with Gasteiger partial charge in [-0.15, -0.1) is 0 Å². The number of quaternary nitrogens is 1. The van der Waals surface area contributed by atoms with Crippen LogP contribution in [0.5, 0.6) is 0 Å². The lowest BCUT2D eigenvalue weighted by Crippen LogP contribution is -3.00. The number of nitrogens with one attached hydrogen (secondary N) is 2. The van der Waals surface area contributed by atoms with E-state index in [-0.39, 0.29) is 34.9 Å². The average Bonchev–Trinajstić information content (AvgIpc) is 2.80. The van der Waals surface area contributed by atoms with Gasteiger partial charge in [-0.05, 0) is 36.4 Å². The van der Waals surface area contributed by atoms with Crippen LogP contribution in [0.1, 0.15) is 24.0 Å². The van der Waals surface area contributed by atoms with Crippen LogP contribution in [-0.4, -0.2) is 29.6 Å². The van der Waals surface area contributed by atoms with Gasteiger partial charge >= 0.3 is 6.03 Å². The Morgan fingerprint density at radius 1 is 0.882 bits per heavy atom. The fourth-order valence-corrected chi connectivity index (χ4v) is 4.83. The molecule has 0 saturated carbocycles. The number of amides is 2. The minimum absolute atomic E-state index is 0. The lowest BCUT2D eigenvalue weighted by atomic mass is 9.99. The maximum absolute atomic E-state index is 13.1. The quantitative estimate of drug-likeness (QED) is 0.440. The SMILES string of the molecule is O=C(Nc1ccc(F)cc1)NC1CC[N+](Cc2ccccc2)(Cc2ccc(Cl)c(Cl)c2)CC1.[Br-]. The van der Waals surface area contributed by atoms with Crippen molar-refractivity contribution in [2.24, 2.45) is 0 Å². The van der Waals surface area contributed by atoms with Crippen LogP contribution in [0.15, 0.2) is 72.8 Å². The van der Waals surface area contributed by atoms with Crippen molar-refractivity contribution in [3.05, 3.63) is 99.8 Å². The number of carbonyl (C=O) groups excluding carboxylic acids is 1. The number of hydrogen-bond acceptors (Lipinski definition) is 1. The largest absolute Gasteiger partial charge is 1.00 e. The molecule has 0 bridgehead atoms. The molecule has 0 radical (unpaired) electrons. The number of halogens is 4. The Labute approximate surface area is 220 Å². The fourth-order valence-electron chi connectivity index (χ4n) is 4.51. The number of anilines is 1. The summed E-state index contributed by atoms with van der Waals surface area (Å²) in [6, 6.07) is 21.9. The number of urea groups is 1. The molecular formula is C26H27BrCl2FN3O. The van der Waals surface area contributed by atoms with Crippen LogP contribution in [0.2, 0.25) is 10.0 Å². The Balaban J connectivity index is 0.00000324. The van der Waals surface area contributed by atoms with Crippen molar-refractivity contribution in [3.63, 3.8) is 0 Å². The summed E-state index contributed by atoms with van der Waals surface area (Å²) in [5, 5.41) is 6.98. The van der Waals surface area contributed by atoms with E-state index in [2.05, 4.69) is 34.9 Å². The van der Waals surface area contributed by atoms with Gasteiger partial charge in [-0.25, -0.2) is 9.18 Å².